The van der Waals surface area contributed by atoms with Crippen LogP contribution in [0.5, 0.6) is 0 Å². The number of aromatic nitrogens is 5. The number of nitrogens with zero attached hydrogens (tertiary/aromatic N) is 5. The van der Waals surface area contributed by atoms with Gasteiger partial charge in [0.2, 0.25) is 11.3 Å². The van der Waals surface area contributed by atoms with Crippen LogP contribution in [0.4, 0.5) is 0 Å². The molecule has 0 atom stereocenters. The number of pyridine rings is 1. The largest absolute Gasteiger partial charge is 0.462 e. The van der Waals surface area contributed by atoms with Crippen molar-refractivity contribution in [1.29, 1.82) is 0 Å². The van der Waals surface area contributed by atoms with Crippen molar-refractivity contribution in [2.45, 2.75) is 16.7 Å². The monoisotopic (exact) mass is 455 g/mol. The standard InChI is InChI=1S/C24H17N5O3S/c1-2-31-24(30)17-5-3-4-16(14-17)21-20(26-22-23(27-21)29-32-28-22)15-6-8-18(9-7-15)33-19-10-12-25-13-11-19/h3-14H,2H2,1H3. The van der Waals surface area contributed by atoms with Gasteiger partial charge in [-0.1, -0.05) is 36.0 Å². The minimum absolute atomic E-state index is 0.292. The molecular weight excluding hydrogens is 438 g/mol. The number of fused-ring (bicyclic) bond motifs is 1. The minimum atomic E-state index is -0.393. The number of hydrogen-bond donors (Lipinski definition) is 0. The predicted molar refractivity (Wildman–Crippen MR) is 123 cm³/mol. The fourth-order valence-electron chi connectivity index (χ4n) is 3.27. The van der Waals surface area contributed by atoms with Gasteiger partial charge in [-0.2, -0.15) is 0 Å². The topological polar surface area (TPSA) is 104 Å². The highest BCUT2D eigenvalue weighted by Gasteiger charge is 2.17. The van der Waals surface area contributed by atoms with Crippen molar-refractivity contribution in [2.24, 2.45) is 0 Å². The van der Waals surface area contributed by atoms with Crippen LogP contribution in [0.1, 0.15) is 17.3 Å². The Bertz CT molecular complexity index is 1420. The van der Waals surface area contributed by atoms with Crippen molar-refractivity contribution in [1.82, 2.24) is 25.3 Å². The van der Waals surface area contributed by atoms with Gasteiger partial charge in [-0.15, -0.1) is 0 Å². The lowest BCUT2D eigenvalue weighted by atomic mass is 10.0. The van der Waals surface area contributed by atoms with Crippen molar-refractivity contribution in [3.05, 3.63) is 78.6 Å². The summed E-state index contributed by atoms with van der Waals surface area (Å²) < 4.78 is 9.95. The van der Waals surface area contributed by atoms with Gasteiger partial charge in [0, 0.05) is 33.3 Å². The highest BCUT2D eigenvalue weighted by molar-refractivity contribution is 7.99. The number of carbonyl (C=O) groups is 1. The van der Waals surface area contributed by atoms with E-state index >= 15 is 0 Å². The van der Waals surface area contributed by atoms with E-state index in [2.05, 4.69) is 25.3 Å². The number of benzene rings is 2. The van der Waals surface area contributed by atoms with Crippen LogP contribution in [0, 0.1) is 0 Å². The summed E-state index contributed by atoms with van der Waals surface area (Å²) in [5.41, 5.74) is 3.78. The Morgan fingerprint density at radius 1 is 0.879 bits per heavy atom. The van der Waals surface area contributed by atoms with Gasteiger partial charge in [-0.05, 0) is 53.6 Å². The zero-order valence-electron chi connectivity index (χ0n) is 17.5. The second-order valence-corrected chi connectivity index (χ2v) is 8.09. The summed E-state index contributed by atoms with van der Waals surface area (Å²) in [4.78, 5) is 27.7. The van der Waals surface area contributed by atoms with E-state index in [0.717, 1.165) is 15.4 Å². The van der Waals surface area contributed by atoms with Crippen molar-refractivity contribution in [3.63, 3.8) is 0 Å². The summed E-state index contributed by atoms with van der Waals surface area (Å²) in [6.07, 6.45) is 3.54. The zero-order chi connectivity index (χ0) is 22.6. The molecule has 8 nitrogen and oxygen atoms in total. The molecule has 0 saturated heterocycles. The maximum atomic E-state index is 12.2. The van der Waals surface area contributed by atoms with Gasteiger partial charge in [0.1, 0.15) is 0 Å². The summed E-state index contributed by atoms with van der Waals surface area (Å²) in [6, 6.07) is 19.0. The Morgan fingerprint density at radius 2 is 1.55 bits per heavy atom. The number of esters is 1. The van der Waals surface area contributed by atoms with Gasteiger partial charge in [0.25, 0.3) is 0 Å². The SMILES string of the molecule is CCOC(=O)c1cccc(-c2nc3nonc3nc2-c2ccc(Sc3ccncc3)cc2)c1. The first kappa shape index (κ1) is 20.8. The van der Waals surface area contributed by atoms with Crippen LogP contribution >= 0.6 is 11.8 Å². The molecule has 3 aromatic heterocycles. The van der Waals surface area contributed by atoms with Gasteiger partial charge in [-0.3, -0.25) is 4.98 Å². The minimum Gasteiger partial charge on any atom is -0.462 e. The third kappa shape index (κ3) is 4.44. The summed E-state index contributed by atoms with van der Waals surface area (Å²) >= 11 is 1.64. The van der Waals surface area contributed by atoms with E-state index in [1.165, 1.54) is 0 Å². The maximum absolute atomic E-state index is 12.2. The van der Waals surface area contributed by atoms with Crippen LogP contribution in [0.2, 0.25) is 0 Å². The molecule has 0 radical (unpaired) electrons. The lowest BCUT2D eigenvalue weighted by Crippen LogP contribution is -2.05. The van der Waals surface area contributed by atoms with Gasteiger partial charge >= 0.3 is 5.97 Å². The average molecular weight is 455 g/mol. The fraction of sp³-hybridized carbons (Fsp3) is 0.0833. The third-order valence-electron chi connectivity index (χ3n) is 4.77. The molecule has 9 heteroatoms. The lowest BCUT2D eigenvalue weighted by Gasteiger charge is -2.10. The van der Waals surface area contributed by atoms with Crippen LogP contribution in [-0.4, -0.2) is 37.8 Å². The Hall–Kier alpha value is -4.11. The summed E-state index contributed by atoms with van der Waals surface area (Å²) in [6.45, 7) is 2.07. The first-order valence-electron chi connectivity index (χ1n) is 10.2. The molecular formula is C24H17N5O3S. The highest BCUT2D eigenvalue weighted by atomic mass is 32.2. The Balaban J connectivity index is 1.55. The van der Waals surface area contributed by atoms with Crippen LogP contribution in [0.3, 0.4) is 0 Å². The molecule has 2 aromatic carbocycles. The maximum Gasteiger partial charge on any atom is 0.338 e. The van der Waals surface area contributed by atoms with E-state index in [-0.39, 0.29) is 0 Å². The quantitative estimate of drug-likeness (QED) is 0.325. The van der Waals surface area contributed by atoms with E-state index in [4.69, 9.17) is 9.37 Å². The van der Waals surface area contributed by atoms with Crippen molar-refractivity contribution >= 4 is 29.0 Å². The Kier molecular flexibility index (Phi) is 5.77. The summed E-state index contributed by atoms with van der Waals surface area (Å²) in [7, 11) is 0. The molecule has 0 N–H and O–H groups in total. The van der Waals surface area contributed by atoms with Crippen LogP contribution in [-0.2, 0) is 4.74 Å². The Labute approximate surface area is 193 Å². The molecule has 0 aliphatic rings. The van der Waals surface area contributed by atoms with Crippen molar-refractivity contribution < 1.29 is 14.2 Å². The summed E-state index contributed by atoms with van der Waals surface area (Å²) in [5, 5.41) is 7.67. The normalized spacial score (nSPS) is 10.9. The molecule has 0 saturated carbocycles. The molecule has 0 aliphatic carbocycles. The molecule has 33 heavy (non-hydrogen) atoms. The molecule has 0 bridgehead atoms. The van der Waals surface area contributed by atoms with Gasteiger partial charge < -0.3 is 4.74 Å². The van der Waals surface area contributed by atoms with Gasteiger partial charge in [0.05, 0.1) is 23.6 Å². The second-order valence-electron chi connectivity index (χ2n) is 6.94. The number of hydrogen-bond acceptors (Lipinski definition) is 9. The number of ether oxygens (including phenoxy) is 1. The third-order valence-corrected chi connectivity index (χ3v) is 5.79. The van der Waals surface area contributed by atoms with Crippen molar-refractivity contribution in [2.75, 3.05) is 6.61 Å². The number of carbonyl (C=O) groups excluding carboxylic acids is 1. The first-order valence-corrected chi connectivity index (χ1v) is 11.0. The smallest absolute Gasteiger partial charge is 0.338 e. The lowest BCUT2D eigenvalue weighted by molar-refractivity contribution is 0.0526. The molecule has 0 spiro atoms. The average Bonchev–Trinajstić information content (AvgIpc) is 3.32. The van der Waals surface area contributed by atoms with Crippen LogP contribution < -0.4 is 0 Å². The summed E-state index contributed by atoms with van der Waals surface area (Å²) in [5.74, 6) is -0.393. The predicted octanol–water partition coefficient (Wildman–Crippen LogP) is 5.07. The van der Waals surface area contributed by atoms with Crippen LogP contribution in [0.25, 0.3) is 33.8 Å². The van der Waals surface area contributed by atoms with E-state index in [1.54, 1.807) is 49.3 Å². The molecule has 0 unspecified atom stereocenters. The highest BCUT2D eigenvalue weighted by Crippen LogP contribution is 2.33. The van der Waals surface area contributed by atoms with E-state index < -0.39 is 5.97 Å². The van der Waals surface area contributed by atoms with E-state index in [1.807, 2.05) is 42.5 Å². The fourth-order valence-corrected chi connectivity index (χ4v) is 4.07. The Morgan fingerprint density at radius 3 is 2.24 bits per heavy atom. The molecule has 162 valence electrons. The second kappa shape index (κ2) is 9.17. The zero-order valence-corrected chi connectivity index (χ0v) is 18.3. The first-order chi connectivity index (χ1) is 16.2. The van der Waals surface area contributed by atoms with E-state index in [0.29, 0.717) is 40.4 Å². The molecule has 0 fully saturated rings. The molecule has 0 amide bonds. The molecule has 5 rings (SSSR count). The molecule has 3 heterocycles. The van der Waals surface area contributed by atoms with Crippen molar-refractivity contribution in [3.8, 4) is 22.5 Å². The van der Waals surface area contributed by atoms with Gasteiger partial charge in [-0.25, -0.2) is 19.4 Å². The van der Waals surface area contributed by atoms with E-state index in [9.17, 15) is 4.79 Å². The van der Waals surface area contributed by atoms with Gasteiger partial charge in [0.15, 0.2) is 0 Å². The van der Waals surface area contributed by atoms with Crippen LogP contribution in [0.15, 0.2) is 87.5 Å². The molecule has 5 aromatic rings. The molecule has 0 aliphatic heterocycles. The number of rotatable bonds is 6.